The van der Waals surface area contributed by atoms with Crippen molar-refractivity contribution in [3.8, 4) is 0 Å². The first kappa shape index (κ1) is 19.1. The van der Waals surface area contributed by atoms with Gasteiger partial charge in [-0.3, -0.25) is 9.59 Å². The lowest BCUT2D eigenvalue weighted by Crippen LogP contribution is -2.24. The number of rotatable bonds is 6. The minimum atomic E-state index is -0.251. The van der Waals surface area contributed by atoms with Crippen molar-refractivity contribution in [1.29, 1.82) is 0 Å². The maximum Gasteiger partial charge on any atom is 0.271 e. The van der Waals surface area contributed by atoms with Gasteiger partial charge in [-0.2, -0.15) is 0 Å². The largest absolute Gasteiger partial charge is 0.352 e. The van der Waals surface area contributed by atoms with E-state index < -0.39 is 0 Å². The molecule has 23 heavy (non-hydrogen) atoms. The van der Waals surface area contributed by atoms with Crippen molar-refractivity contribution in [3.05, 3.63) is 51.5 Å². The highest BCUT2D eigenvalue weighted by Crippen LogP contribution is 2.09. The molecule has 2 amide bonds. The fourth-order valence-electron chi connectivity index (χ4n) is 1.87. The zero-order valence-electron chi connectivity index (χ0n) is 12.7. The second-order valence-corrected chi connectivity index (χ2v) is 5.52. The molecule has 2 aromatic rings. The molecule has 0 radical (unpaired) electrons. The number of nitrogens with two attached hydrogens (primary N) is 1. The van der Waals surface area contributed by atoms with Crippen molar-refractivity contribution < 1.29 is 9.59 Å². The summed E-state index contributed by atoms with van der Waals surface area (Å²) in [6.45, 7) is 3.10. The lowest BCUT2D eigenvalue weighted by atomic mass is 10.1. The van der Waals surface area contributed by atoms with Crippen molar-refractivity contribution in [3.63, 3.8) is 0 Å². The molecule has 0 spiro atoms. The number of hydrogen-bond acceptors (Lipinski definition) is 5. The molecule has 2 rings (SSSR count). The average molecular weight is 355 g/mol. The topological polar surface area (TPSA) is 97.1 Å². The Morgan fingerprint density at radius 2 is 2.04 bits per heavy atom. The van der Waals surface area contributed by atoms with Gasteiger partial charge in [-0.1, -0.05) is 12.1 Å². The number of halogens is 1. The summed E-state index contributed by atoms with van der Waals surface area (Å²) in [4.78, 5) is 27.9. The molecular formula is C15H19ClN4O2S. The lowest BCUT2D eigenvalue weighted by Gasteiger charge is -2.06. The maximum absolute atomic E-state index is 12.0. The molecule has 0 atom stereocenters. The standard InChI is InChI=1S/C15H18N4O2S.ClH/c1-2-17-14(20)11-5-3-4-10(6-11)8-18-15(21)12-9-22-13(7-16)19-12;/h3-6,9H,2,7-8,16H2,1H3,(H,17,20)(H,18,21);1H. The molecule has 124 valence electrons. The molecule has 0 aliphatic heterocycles. The molecule has 4 N–H and O–H groups in total. The third-order valence-electron chi connectivity index (χ3n) is 2.94. The number of aromatic nitrogens is 1. The van der Waals surface area contributed by atoms with E-state index in [1.807, 2.05) is 13.0 Å². The van der Waals surface area contributed by atoms with Crippen LogP contribution in [0.25, 0.3) is 0 Å². The smallest absolute Gasteiger partial charge is 0.271 e. The first-order valence-electron chi connectivity index (χ1n) is 6.93. The number of amides is 2. The van der Waals surface area contributed by atoms with Gasteiger partial charge in [0.1, 0.15) is 10.7 Å². The Labute approximate surface area is 144 Å². The normalized spacial score (nSPS) is 9.83. The predicted octanol–water partition coefficient (Wildman–Crippen LogP) is 1.70. The molecule has 1 aromatic heterocycles. The van der Waals surface area contributed by atoms with Gasteiger partial charge in [0.05, 0.1) is 0 Å². The maximum atomic E-state index is 12.0. The van der Waals surface area contributed by atoms with E-state index >= 15 is 0 Å². The number of benzene rings is 1. The van der Waals surface area contributed by atoms with Crippen LogP contribution >= 0.6 is 23.7 Å². The van der Waals surface area contributed by atoms with Gasteiger partial charge in [0.15, 0.2) is 0 Å². The second-order valence-electron chi connectivity index (χ2n) is 4.57. The first-order chi connectivity index (χ1) is 10.6. The third kappa shape index (κ3) is 5.31. The Kier molecular flexibility index (Phi) is 7.67. The van der Waals surface area contributed by atoms with Gasteiger partial charge in [-0.05, 0) is 24.6 Å². The molecule has 8 heteroatoms. The Hall–Kier alpha value is -1.96. The Morgan fingerprint density at radius 1 is 1.26 bits per heavy atom. The average Bonchev–Trinajstić information content (AvgIpc) is 3.02. The van der Waals surface area contributed by atoms with Gasteiger partial charge in [-0.25, -0.2) is 4.98 Å². The van der Waals surface area contributed by atoms with Gasteiger partial charge in [0.25, 0.3) is 11.8 Å². The number of thiazole rings is 1. The van der Waals surface area contributed by atoms with Crippen molar-refractivity contribution >= 4 is 35.6 Å². The van der Waals surface area contributed by atoms with E-state index in [2.05, 4.69) is 15.6 Å². The minimum absolute atomic E-state index is 0. The predicted molar refractivity (Wildman–Crippen MR) is 92.9 cm³/mol. The van der Waals surface area contributed by atoms with Gasteiger partial charge in [0, 0.05) is 30.6 Å². The molecule has 1 aromatic carbocycles. The molecule has 0 fully saturated rings. The SMILES string of the molecule is CCNC(=O)c1cccc(CNC(=O)c2csc(CN)n2)c1.Cl. The van der Waals surface area contributed by atoms with E-state index in [-0.39, 0.29) is 24.2 Å². The van der Waals surface area contributed by atoms with Crippen LogP contribution in [0.15, 0.2) is 29.6 Å². The Bertz CT molecular complexity index is 675. The van der Waals surface area contributed by atoms with Gasteiger partial charge in [-0.15, -0.1) is 23.7 Å². The third-order valence-corrected chi connectivity index (χ3v) is 3.81. The van der Waals surface area contributed by atoms with E-state index in [9.17, 15) is 9.59 Å². The number of carbonyl (C=O) groups excluding carboxylic acids is 2. The number of nitrogens with one attached hydrogen (secondary N) is 2. The highest BCUT2D eigenvalue weighted by Gasteiger charge is 2.10. The second kappa shape index (κ2) is 9.24. The van der Waals surface area contributed by atoms with Crippen molar-refractivity contribution in [2.75, 3.05) is 6.54 Å². The van der Waals surface area contributed by atoms with Crippen LogP contribution in [0.3, 0.4) is 0 Å². The fraction of sp³-hybridized carbons (Fsp3) is 0.267. The number of hydrogen-bond donors (Lipinski definition) is 3. The van der Waals surface area contributed by atoms with Crippen LogP contribution in [0.5, 0.6) is 0 Å². The molecular weight excluding hydrogens is 336 g/mol. The monoisotopic (exact) mass is 354 g/mol. The summed E-state index contributed by atoms with van der Waals surface area (Å²) in [7, 11) is 0. The molecule has 0 saturated heterocycles. The van der Waals surface area contributed by atoms with Crippen LogP contribution < -0.4 is 16.4 Å². The van der Waals surface area contributed by atoms with Crippen LogP contribution in [-0.4, -0.2) is 23.3 Å². The van der Waals surface area contributed by atoms with Crippen LogP contribution in [0, 0.1) is 0 Å². The van der Waals surface area contributed by atoms with E-state index in [4.69, 9.17) is 5.73 Å². The summed E-state index contributed by atoms with van der Waals surface area (Å²) >= 11 is 1.36. The summed E-state index contributed by atoms with van der Waals surface area (Å²) in [6.07, 6.45) is 0. The van der Waals surface area contributed by atoms with E-state index in [0.717, 1.165) is 10.6 Å². The van der Waals surface area contributed by atoms with Crippen molar-refractivity contribution in [1.82, 2.24) is 15.6 Å². The van der Waals surface area contributed by atoms with Crippen molar-refractivity contribution in [2.24, 2.45) is 5.73 Å². The molecule has 0 bridgehead atoms. The highest BCUT2D eigenvalue weighted by atomic mass is 35.5. The van der Waals surface area contributed by atoms with E-state index in [0.29, 0.717) is 30.9 Å². The van der Waals surface area contributed by atoms with Gasteiger partial charge in [0.2, 0.25) is 0 Å². The lowest BCUT2D eigenvalue weighted by molar-refractivity contribution is 0.0943. The summed E-state index contributed by atoms with van der Waals surface area (Å²) < 4.78 is 0. The summed E-state index contributed by atoms with van der Waals surface area (Å²) in [5, 5.41) is 7.93. The van der Waals surface area contributed by atoms with Crippen LogP contribution in [0.4, 0.5) is 0 Å². The van der Waals surface area contributed by atoms with Crippen LogP contribution in [0.1, 0.15) is 38.3 Å². The highest BCUT2D eigenvalue weighted by molar-refractivity contribution is 7.09. The summed E-state index contributed by atoms with van der Waals surface area (Å²) in [5.41, 5.74) is 7.27. The zero-order valence-corrected chi connectivity index (χ0v) is 14.3. The van der Waals surface area contributed by atoms with Crippen LogP contribution in [0.2, 0.25) is 0 Å². The number of nitrogens with zero attached hydrogens (tertiary/aromatic N) is 1. The first-order valence-corrected chi connectivity index (χ1v) is 7.81. The van der Waals surface area contributed by atoms with Crippen LogP contribution in [-0.2, 0) is 13.1 Å². The molecule has 0 aliphatic rings. The van der Waals surface area contributed by atoms with E-state index in [1.165, 1.54) is 11.3 Å². The molecule has 0 unspecified atom stereocenters. The zero-order chi connectivity index (χ0) is 15.9. The molecule has 6 nitrogen and oxygen atoms in total. The minimum Gasteiger partial charge on any atom is -0.352 e. The Morgan fingerprint density at radius 3 is 2.70 bits per heavy atom. The Balaban J connectivity index is 0.00000264. The molecule has 0 saturated carbocycles. The van der Waals surface area contributed by atoms with E-state index in [1.54, 1.807) is 23.6 Å². The van der Waals surface area contributed by atoms with Crippen molar-refractivity contribution in [2.45, 2.75) is 20.0 Å². The fourth-order valence-corrected chi connectivity index (χ4v) is 2.52. The van der Waals surface area contributed by atoms with Gasteiger partial charge < -0.3 is 16.4 Å². The summed E-state index contributed by atoms with van der Waals surface area (Å²) in [6, 6.07) is 7.15. The molecule has 1 heterocycles. The number of carbonyl (C=O) groups is 2. The quantitative estimate of drug-likeness (QED) is 0.735. The summed E-state index contributed by atoms with van der Waals surface area (Å²) in [5.74, 6) is -0.373. The van der Waals surface area contributed by atoms with Gasteiger partial charge >= 0.3 is 0 Å². The molecule has 0 aliphatic carbocycles.